The number of hydrogen-bond acceptors (Lipinski definition) is 8. The molecule has 5 atom stereocenters. The van der Waals surface area contributed by atoms with Crippen LogP contribution in [0.1, 0.15) is 33.1 Å². The van der Waals surface area contributed by atoms with E-state index in [1.54, 1.807) is 4.90 Å². The van der Waals surface area contributed by atoms with Crippen LogP contribution in [0.15, 0.2) is 18.3 Å². The largest absolute Gasteiger partial charge is 0.508 e. The minimum atomic E-state index is -4.93. The Morgan fingerprint density at radius 2 is 2.05 bits per heavy atom. The summed E-state index contributed by atoms with van der Waals surface area (Å²) in [5, 5.41) is 10.1. The fourth-order valence-electron chi connectivity index (χ4n) is 6.89. The van der Waals surface area contributed by atoms with Crippen molar-refractivity contribution in [2.45, 2.75) is 56.3 Å². The van der Waals surface area contributed by atoms with Crippen LogP contribution in [-0.2, 0) is 10.9 Å². The van der Waals surface area contributed by atoms with Crippen molar-refractivity contribution in [1.82, 2.24) is 19.9 Å². The van der Waals surface area contributed by atoms with Crippen molar-refractivity contribution in [1.29, 1.82) is 0 Å². The zero-order valence-electron chi connectivity index (χ0n) is 25.0. The number of aryl methyl sites for hydroxylation is 1. The molecule has 14 heteroatoms. The number of pyridine rings is 1. The van der Waals surface area contributed by atoms with Gasteiger partial charge < -0.3 is 19.5 Å². The van der Waals surface area contributed by atoms with E-state index < -0.39 is 82.5 Å². The van der Waals surface area contributed by atoms with E-state index in [9.17, 15) is 27.1 Å². The fourth-order valence-corrected chi connectivity index (χ4v) is 6.89. The van der Waals surface area contributed by atoms with E-state index in [0.717, 1.165) is 25.3 Å². The van der Waals surface area contributed by atoms with Crippen molar-refractivity contribution in [3.63, 3.8) is 0 Å². The van der Waals surface area contributed by atoms with Gasteiger partial charge in [0, 0.05) is 37.2 Å². The summed E-state index contributed by atoms with van der Waals surface area (Å²) in [6, 6.07) is 0.302. The van der Waals surface area contributed by atoms with Crippen LogP contribution in [0.4, 0.5) is 32.2 Å². The summed E-state index contributed by atoms with van der Waals surface area (Å²) in [5.74, 6) is -2.40. The lowest BCUT2D eigenvalue weighted by Crippen LogP contribution is -2.43. The molecule has 1 aromatic carbocycles. The molecular formula is C29H29F6N5O3. The molecule has 0 spiro atoms. The summed E-state index contributed by atoms with van der Waals surface area (Å²) in [6.07, 6.45) is -5.70. The summed E-state index contributed by atoms with van der Waals surface area (Å²) in [6.45, 7) is -0.518. The quantitative estimate of drug-likeness (QED) is 0.404. The smallest absolute Gasteiger partial charge is 0.417 e. The first-order valence-electron chi connectivity index (χ1n) is 15.1. The molecule has 7 rings (SSSR count). The average molecular weight is 612 g/mol. The van der Waals surface area contributed by atoms with Crippen LogP contribution < -0.4 is 9.64 Å². The molecular weight excluding hydrogens is 580 g/mol. The van der Waals surface area contributed by atoms with E-state index >= 15 is 4.39 Å². The fraction of sp³-hybridized carbons (Fsp3) is 0.552. The van der Waals surface area contributed by atoms with Crippen LogP contribution >= 0.6 is 0 Å². The van der Waals surface area contributed by atoms with Gasteiger partial charge in [0.1, 0.15) is 41.7 Å². The second-order valence-electron chi connectivity index (χ2n) is 11.6. The number of halogens is 6. The molecule has 3 aliphatic heterocycles. The summed E-state index contributed by atoms with van der Waals surface area (Å²) in [4.78, 5) is 15.7. The summed E-state index contributed by atoms with van der Waals surface area (Å²) < 4.78 is 117. The molecule has 1 N–H and O–H groups in total. The van der Waals surface area contributed by atoms with Crippen LogP contribution in [0, 0.1) is 18.7 Å². The average Bonchev–Trinajstić information content (AvgIpc) is 3.30. The molecule has 43 heavy (non-hydrogen) atoms. The molecule has 5 heterocycles. The third-order valence-electron chi connectivity index (χ3n) is 8.89. The Balaban J connectivity index is 1.41. The Labute approximate surface area is 245 Å². The number of ether oxygens (including phenoxy) is 2. The normalized spacial score (nSPS) is 30.1. The number of aromatic hydroxyl groups is 1. The molecule has 0 amide bonds. The van der Waals surface area contributed by atoms with Crippen molar-refractivity contribution in [3.8, 4) is 23.0 Å². The Morgan fingerprint density at radius 1 is 1.23 bits per heavy atom. The van der Waals surface area contributed by atoms with Gasteiger partial charge in [-0.1, -0.05) is 0 Å². The second-order valence-corrected chi connectivity index (χ2v) is 11.6. The number of fused-ring (bicyclic) bond motifs is 3. The summed E-state index contributed by atoms with van der Waals surface area (Å²) in [7, 11) is 0. The van der Waals surface area contributed by atoms with Gasteiger partial charge in [0.15, 0.2) is 5.82 Å². The van der Waals surface area contributed by atoms with Gasteiger partial charge in [0.25, 0.3) is 0 Å². The number of hydrogen-bond donors (Lipinski definition) is 1. The molecule has 0 unspecified atom stereocenters. The Morgan fingerprint density at radius 3 is 2.84 bits per heavy atom. The lowest BCUT2D eigenvalue weighted by Gasteiger charge is -2.31. The number of alkyl halides is 5. The molecule has 3 aromatic rings. The molecule has 0 bridgehead atoms. The highest BCUT2D eigenvalue weighted by atomic mass is 19.4. The van der Waals surface area contributed by atoms with Crippen LogP contribution in [0.25, 0.3) is 22.2 Å². The van der Waals surface area contributed by atoms with E-state index in [-0.39, 0.29) is 55.9 Å². The monoisotopic (exact) mass is 611 g/mol. The van der Waals surface area contributed by atoms with Gasteiger partial charge in [-0.05, 0) is 44.0 Å². The predicted molar refractivity (Wildman–Crippen MR) is 143 cm³/mol. The molecule has 1 saturated carbocycles. The molecule has 2 aromatic heterocycles. The van der Waals surface area contributed by atoms with Crippen LogP contribution in [-0.4, -0.2) is 88.3 Å². The van der Waals surface area contributed by atoms with Crippen molar-refractivity contribution in [2.75, 3.05) is 44.3 Å². The number of anilines is 1. The van der Waals surface area contributed by atoms with E-state index in [1.807, 2.05) is 0 Å². The van der Waals surface area contributed by atoms with E-state index in [0.29, 0.717) is 13.0 Å². The molecule has 230 valence electrons. The molecule has 8 nitrogen and oxygen atoms in total. The van der Waals surface area contributed by atoms with Gasteiger partial charge >= 0.3 is 12.2 Å². The highest BCUT2D eigenvalue weighted by molar-refractivity contribution is 5.92. The van der Waals surface area contributed by atoms with Crippen molar-refractivity contribution in [2.24, 2.45) is 5.92 Å². The van der Waals surface area contributed by atoms with Crippen molar-refractivity contribution in [3.05, 3.63) is 35.3 Å². The first-order chi connectivity index (χ1) is 21.2. The highest BCUT2D eigenvalue weighted by Crippen LogP contribution is 2.46. The van der Waals surface area contributed by atoms with Gasteiger partial charge in [-0.2, -0.15) is 23.1 Å². The van der Waals surface area contributed by atoms with E-state index in [1.165, 1.54) is 4.90 Å². The maximum Gasteiger partial charge on any atom is 0.417 e. The number of aromatic nitrogens is 3. The first-order valence-corrected chi connectivity index (χ1v) is 14.1. The Kier molecular flexibility index (Phi) is 6.11. The molecule has 0 radical (unpaired) electrons. The SMILES string of the molecule is [2H]C([2H])(Oc1nc(N2CCOC[C@H]3[C@H](F)[C@H]32)c2cnc(-c3cc(O)cc(C)c3C(F)(F)F)c(F)c2n1)[C@@]12CCCN1C[C@H](F)C2. The molecule has 4 aliphatic rings. The topological polar surface area (TPSA) is 83.8 Å². The molecule has 4 fully saturated rings. The maximum atomic E-state index is 16.5. The maximum absolute atomic E-state index is 16.5. The lowest BCUT2D eigenvalue weighted by molar-refractivity contribution is -0.137. The number of phenols is 1. The number of nitrogens with zero attached hydrogens (tertiary/aromatic N) is 5. The van der Waals surface area contributed by atoms with Crippen LogP contribution in [0.5, 0.6) is 11.8 Å². The minimum Gasteiger partial charge on any atom is -0.508 e. The van der Waals surface area contributed by atoms with Crippen molar-refractivity contribution >= 4 is 16.7 Å². The zero-order chi connectivity index (χ0) is 32.1. The third-order valence-corrected chi connectivity index (χ3v) is 8.89. The van der Waals surface area contributed by atoms with Crippen molar-refractivity contribution < 1.29 is 43.7 Å². The number of benzene rings is 1. The standard InChI is InChI=1S/C29H29F6N5O3/c1-14-7-16(41)8-17(20(14)29(33,34)35)23-22(32)24-18(10-36-23)26(40-5-6-42-12-19-21(31)25(19)40)38-27(37-24)43-13-28-3-2-4-39(28)11-15(30)9-28/h7-8,10,15,19,21,25,41H,2-6,9,11-13H2,1H3/t15-,19+,21+,25+,28+/m1/s1/i13D2. The Hall–Kier alpha value is -3.39. The summed E-state index contributed by atoms with van der Waals surface area (Å²) in [5.41, 5.74) is -4.95. The first kappa shape index (κ1) is 26.1. The predicted octanol–water partition coefficient (Wildman–Crippen LogP) is 4.99. The minimum absolute atomic E-state index is 0.0238. The molecule has 3 saturated heterocycles. The van der Waals surface area contributed by atoms with Crippen LogP contribution in [0.3, 0.4) is 0 Å². The number of rotatable bonds is 5. The lowest BCUT2D eigenvalue weighted by atomic mass is 9.95. The third kappa shape index (κ3) is 4.73. The van der Waals surface area contributed by atoms with Gasteiger partial charge in [-0.25, -0.2) is 13.2 Å². The molecule has 1 aliphatic carbocycles. The summed E-state index contributed by atoms with van der Waals surface area (Å²) >= 11 is 0. The number of phenolic OH excluding ortho intramolecular Hbond substituents is 1. The van der Waals surface area contributed by atoms with Gasteiger partial charge in [-0.15, -0.1) is 0 Å². The highest BCUT2D eigenvalue weighted by Gasteiger charge is 2.56. The van der Waals surface area contributed by atoms with E-state index in [4.69, 9.17) is 12.2 Å². The van der Waals surface area contributed by atoms with E-state index in [2.05, 4.69) is 15.0 Å². The van der Waals surface area contributed by atoms with Crippen LogP contribution in [0.2, 0.25) is 0 Å². The second kappa shape index (κ2) is 10.1. The zero-order valence-corrected chi connectivity index (χ0v) is 23.0. The van der Waals surface area contributed by atoms with Gasteiger partial charge in [0.2, 0.25) is 0 Å². The van der Waals surface area contributed by atoms with Gasteiger partial charge in [-0.3, -0.25) is 9.88 Å². The Bertz CT molecular complexity index is 1680. The van der Waals surface area contributed by atoms with Gasteiger partial charge in [0.05, 0.1) is 38.5 Å².